The van der Waals surface area contributed by atoms with Gasteiger partial charge >= 0.3 is 0 Å². The van der Waals surface area contributed by atoms with Crippen LogP contribution < -0.4 is 5.73 Å². The number of rotatable bonds is 5. The first-order valence-corrected chi connectivity index (χ1v) is 6.94. The van der Waals surface area contributed by atoms with Gasteiger partial charge < -0.3 is 15.5 Å². The zero-order valence-electron chi connectivity index (χ0n) is 10.7. The molecule has 0 radical (unpaired) electrons. The highest BCUT2D eigenvalue weighted by molar-refractivity contribution is 4.85. The first kappa shape index (κ1) is 12.3. The van der Waals surface area contributed by atoms with Crippen molar-refractivity contribution < 1.29 is 0 Å². The van der Waals surface area contributed by atoms with Crippen molar-refractivity contribution in [1.29, 1.82) is 0 Å². The predicted molar refractivity (Wildman–Crippen MR) is 68.5 cm³/mol. The molecule has 1 saturated heterocycles. The van der Waals surface area contributed by atoms with Crippen molar-refractivity contribution in [2.45, 2.75) is 38.1 Å². The molecule has 1 aliphatic carbocycles. The highest BCUT2D eigenvalue weighted by Crippen LogP contribution is 2.28. The van der Waals surface area contributed by atoms with Crippen LogP contribution >= 0.6 is 0 Å². The van der Waals surface area contributed by atoms with Crippen LogP contribution in [-0.4, -0.2) is 55.6 Å². The Morgan fingerprint density at radius 3 is 2.62 bits per heavy atom. The van der Waals surface area contributed by atoms with Crippen LogP contribution in [0.1, 0.15) is 32.1 Å². The van der Waals surface area contributed by atoms with Crippen LogP contribution in [0.25, 0.3) is 0 Å². The van der Waals surface area contributed by atoms with Crippen LogP contribution in [0.3, 0.4) is 0 Å². The SMILES string of the molecule is CN(CCN1CCCC1)C1CCCC1CN. The van der Waals surface area contributed by atoms with Crippen molar-refractivity contribution in [3.63, 3.8) is 0 Å². The minimum atomic E-state index is 0.753. The third kappa shape index (κ3) is 2.96. The summed E-state index contributed by atoms with van der Waals surface area (Å²) in [5.41, 5.74) is 5.84. The number of nitrogens with zero attached hydrogens (tertiary/aromatic N) is 2. The fraction of sp³-hybridized carbons (Fsp3) is 1.00. The summed E-state index contributed by atoms with van der Waals surface area (Å²) in [6.07, 6.45) is 6.88. The average molecular weight is 225 g/mol. The minimum absolute atomic E-state index is 0.753. The Hall–Kier alpha value is -0.120. The molecule has 1 aliphatic heterocycles. The quantitative estimate of drug-likeness (QED) is 0.761. The molecule has 0 aromatic rings. The highest BCUT2D eigenvalue weighted by Gasteiger charge is 2.29. The van der Waals surface area contributed by atoms with E-state index < -0.39 is 0 Å². The second kappa shape index (κ2) is 5.99. The van der Waals surface area contributed by atoms with E-state index in [0.717, 1.165) is 18.5 Å². The van der Waals surface area contributed by atoms with Gasteiger partial charge in [-0.2, -0.15) is 0 Å². The van der Waals surface area contributed by atoms with E-state index in [-0.39, 0.29) is 0 Å². The Labute approximate surface area is 100.0 Å². The van der Waals surface area contributed by atoms with Gasteiger partial charge in [0, 0.05) is 19.1 Å². The summed E-state index contributed by atoms with van der Waals surface area (Å²) in [5, 5.41) is 0. The maximum Gasteiger partial charge on any atom is 0.0133 e. The van der Waals surface area contributed by atoms with E-state index in [1.165, 1.54) is 58.3 Å². The zero-order chi connectivity index (χ0) is 11.4. The summed E-state index contributed by atoms with van der Waals surface area (Å²) in [6.45, 7) is 5.99. The van der Waals surface area contributed by atoms with E-state index in [2.05, 4.69) is 16.8 Å². The molecular formula is C13H27N3. The highest BCUT2D eigenvalue weighted by atomic mass is 15.2. The molecule has 2 aliphatic rings. The number of hydrogen-bond acceptors (Lipinski definition) is 3. The lowest BCUT2D eigenvalue weighted by Gasteiger charge is -2.30. The molecule has 0 aromatic heterocycles. The smallest absolute Gasteiger partial charge is 0.0133 e. The Bertz CT molecular complexity index is 201. The molecule has 1 saturated carbocycles. The Morgan fingerprint density at radius 1 is 1.19 bits per heavy atom. The Kier molecular flexibility index (Phi) is 4.62. The summed E-state index contributed by atoms with van der Waals surface area (Å²) >= 11 is 0. The van der Waals surface area contributed by atoms with Crippen LogP contribution in [0.5, 0.6) is 0 Å². The maximum absolute atomic E-state index is 5.84. The number of likely N-dealkylation sites (tertiary alicyclic amines) is 1. The van der Waals surface area contributed by atoms with Crippen molar-refractivity contribution >= 4 is 0 Å². The van der Waals surface area contributed by atoms with Crippen molar-refractivity contribution in [3.8, 4) is 0 Å². The summed E-state index contributed by atoms with van der Waals surface area (Å²) in [7, 11) is 2.29. The van der Waals surface area contributed by atoms with Gasteiger partial charge in [0.05, 0.1) is 0 Å². The van der Waals surface area contributed by atoms with Crippen molar-refractivity contribution in [2.75, 3.05) is 39.8 Å². The fourth-order valence-corrected chi connectivity index (χ4v) is 3.34. The van der Waals surface area contributed by atoms with E-state index in [9.17, 15) is 0 Å². The molecule has 2 N–H and O–H groups in total. The van der Waals surface area contributed by atoms with Crippen LogP contribution in [0.15, 0.2) is 0 Å². The average Bonchev–Trinajstić information content (AvgIpc) is 2.96. The second-order valence-corrected chi connectivity index (χ2v) is 5.52. The van der Waals surface area contributed by atoms with Gasteiger partial charge in [-0.25, -0.2) is 0 Å². The number of nitrogens with two attached hydrogens (primary N) is 1. The van der Waals surface area contributed by atoms with Crippen molar-refractivity contribution in [3.05, 3.63) is 0 Å². The molecule has 0 bridgehead atoms. The topological polar surface area (TPSA) is 32.5 Å². The molecule has 3 nitrogen and oxygen atoms in total. The van der Waals surface area contributed by atoms with E-state index in [0.29, 0.717) is 0 Å². The molecule has 94 valence electrons. The van der Waals surface area contributed by atoms with Crippen molar-refractivity contribution in [2.24, 2.45) is 11.7 Å². The molecule has 2 atom stereocenters. The normalized spacial score (nSPS) is 31.7. The molecule has 2 unspecified atom stereocenters. The van der Waals surface area contributed by atoms with E-state index in [1.54, 1.807) is 0 Å². The Balaban J connectivity index is 1.71. The minimum Gasteiger partial charge on any atom is -0.330 e. The lowest BCUT2D eigenvalue weighted by molar-refractivity contribution is 0.176. The number of hydrogen-bond donors (Lipinski definition) is 1. The van der Waals surface area contributed by atoms with E-state index in [1.807, 2.05) is 0 Å². The third-order valence-corrected chi connectivity index (χ3v) is 4.46. The summed E-state index contributed by atoms with van der Waals surface area (Å²) in [5.74, 6) is 0.753. The lowest BCUT2D eigenvalue weighted by atomic mass is 10.0. The molecule has 2 rings (SSSR count). The van der Waals surface area contributed by atoms with Gasteiger partial charge in [0.15, 0.2) is 0 Å². The molecule has 3 heteroatoms. The van der Waals surface area contributed by atoms with Crippen LogP contribution in [0.2, 0.25) is 0 Å². The summed E-state index contributed by atoms with van der Waals surface area (Å²) in [6, 6.07) is 0.757. The number of likely N-dealkylation sites (N-methyl/N-ethyl adjacent to an activating group) is 1. The molecule has 1 heterocycles. The van der Waals surface area contributed by atoms with E-state index in [4.69, 9.17) is 5.73 Å². The Morgan fingerprint density at radius 2 is 1.94 bits per heavy atom. The standard InChI is InChI=1S/C13H27N3/c1-15(9-10-16-7-2-3-8-16)13-6-4-5-12(13)11-14/h12-13H,2-11,14H2,1H3. The lowest BCUT2D eigenvalue weighted by Crippen LogP contribution is -2.41. The van der Waals surface area contributed by atoms with Gasteiger partial charge in [-0.05, 0) is 58.3 Å². The first-order valence-electron chi connectivity index (χ1n) is 6.94. The fourth-order valence-electron chi connectivity index (χ4n) is 3.34. The molecule has 0 spiro atoms. The van der Waals surface area contributed by atoms with Gasteiger partial charge in [0.25, 0.3) is 0 Å². The van der Waals surface area contributed by atoms with Crippen LogP contribution in [-0.2, 0) is 0 Å². The van der Waals surface area contributed by atoms with Crippen LogP contribution in [0, 0.1) is 5.92 Å². The van der Waals surface area contributed by atoms with Gasteiger partial charge in [-0.3, -0.25) is 0 Å². The first-order chi connectivity index (χ1) is 7.81. The molecule has 2 fully saturated rings. The van der Waals surface area contributed by atoms with Gasteiger partial charge in [-0.1, -0.05) is 6.42 Å². The molecule has 0 amide bonds. The molecule has 0 aromatic carbocycles. The largest absolute Gasteiger partial charge is 0.330 e. The third-order valence-electron chi connectivity index (χ3n) is 4.46. The summed E-state index contributed by atoms with van der Waals surface area (Å²) < 4.78 is 0. The zero-order valence-corrected chi connectivity index (χ0v) is 10.7. The maximum atomic E-state index is 5.84. The van der Waals surface area contributed by atoms with E-state index >= 15 is 0 Å². The molecule has 16 heavy (non-hydrogen) atoms. The van der Waals surface area contributed by atoms with Crippen molar-refractivity contribution in [1.82, 2.24) is 9.80 Å². The monoisotopic (exact) mass is 225 g/mol. The van der Waals surface area contributed by atoms with Gasteiger partial charge in [0.1, 0.15) is 0 Å². The predicted octanol–water partition coefficient (Wildman–Crippen LogP) is 1.14. The van der Waals surface area contributed by atoms with Gasteiger partial charge in [0.2, 0.25) is 0 Å². The molecular weight excluding hydrogens is 198 g/mol. The van der Waals surface area contributed by atoms with Crippen LogP contribution in [0.4, 0.5) is 0 Å². The van der Waals surface area contributed by atoms with Gasteiger partial charge in [-0.15, -0.1) is 0 Å². The second-order valence-electron chi connectivity index (χ2n) is 5.52. The summed E-state index contributed by atoms with van der Waals surface area (Å²) in [4.78, 5) is 5.16.